The first-order chi connectivity index (χ1) is 16.6. The van der Waals surface area contributed by atoms with Gasteiger partial charge in [-0.2, -0.15) is 0 Å². The summed E-state index contributed by atoms with van der Waals surface area (Å²) in [5, 5.41) is 10.5. The van der Waals surface area contributed by atoms with Crippen molar-refractivity contribution in [1.29, 1.82) is 0 Å². The Morgan fingerprint density at radius 2 is 1.83 bits per heavy atom. The van der Waals surface area contributed by atoms with Crippen LogP contribution < -0.4 is 4.90 Å². The average molecular weight is 500 g/mol. The predicted octanol–water partition coefficient (Wildman–Crippen LogP) is 1.93. The van der Waals surface area contributed by atoms with E-state index < -0.39 is 35.1 Å². The van der Waals surface area contributed by atoms with Crippen molar-refractivity contribution in [2.45, 2.75) is 44.1 Å². The Morgan fingerprint density at radius 3 is 2.51 bits per heavy atom. The highest BCUT2D eigenvalue weighted by atomic mass is 35.5. The quantitative estimate of drug-likeness (QED) is 0.642. The van der Waals surface area contributed by atoms with E-state index in [1.54, 1.807) is 35.9 Å². The van der Waals surface area contributed by atoms with Crippen molar-refractivity contribution in [2.75, 3.05) is 31.6 Å². The number of amides is 3. The number of para-hydroxylation sites is 1. The zero-order valence-corrected chi connectivity index (χ0v) is 21.0. The number of ether oxygens (including phenoxy) is 1. The summed E-state index contributed by atoms with van der Waals surface area (Å²) in [5.41, 5.74) is -1.03. The van der Waals surface area contributed by atoms with Gasteiger partial charge in [0.25, 0.3) is 5.91 Å². The lowest BCUT2D eigenvalue weighted by molar-refractivity contribution is -0.150. The van der Waals surface area contributed by atoms with Crippen molar-refractivity contribution >= 4 is 35.0 Å². The van der Waals surface area contributed by atoms with Gasteiger partial charge < -0.3 is 24.5 Å². The molecule has 4 aliphatic rings. The van der Waals surface area contributed by atoms with Crippen LogP contribution in [0.3, 0.4) is 0 Å². The summed E-state index contributed by atoms with van der Waals surface area (Å²) in [6, 6.07) is 3.71. The average Bonchev–Trinajstić information content (AvgIpc) is 3.10. The molecule has 6 atom stereocenters. The zero-order chi connectivity index (χ0) is 25.3. The van der Waals surface area contributed by atoms with Crippen molar-refractivity contribution in [3.05, 3.63) is 53.1 Å². The third kappa shape index (κ3) is 3.23. The van der Waals surface area contributed by atoms with E-state index in [-0.39, 0.29) is 30.9 Å². The van der Waals surface area contributed by atoms with Crippen LogP contribution in [0.2, 0.25) is 5.02 Å². The number of carbonyl (C=O) groups is 3. The number of hydrogen-bond acceptors (Lipinski definition) is 5. The number of aliphatic hydroxyl groups excluding tert-OH is 1. The molecule has 0 aliphatic carbocycles. The number of aliphatic hydroxyl groups is 1. The first-order valence-corrected chi connectivity index (χ1v) is 12.2. The van der Waals surface area contributed by atoms with Gasteiger partial charge >= 0.3 is 0 Å². The van der Waals surface area contributed by atoms with Gasteiger partial charge in [-0.25, -0.2) is 0 Å². The molecule has 1 aromatic rings. The normalized spacial score (nSPS) is 35.1. The number of anilines is 1. The first-order valence-electron chi connectivity index (χ1n) is 11.9. The van der Waals surface area contributed by atoms with E-state index in [2.05, 4.69) is 0 Å². The number of carbonyl (C=O) groups excluding carboxylic acids is 3. The third-order valence-corrected chi connectivity index (χ3v) is 8.20. The Bertz CT molecular complexity index is 1150. The standard InChI is InChI=1S/C26H30ClN3O5/c1-15-8-5-9-17(27)20(15)29-13-7-11-26-19(23(33)30(16(2)14-31)21(26)24(29)34)18-22(32)28(4)12-6-10-25(18,3)35-26/h5-11,16,18-19,21,31H,12-14H2,1-4H3/t16-,18+,19+,21?,25-,26+/m1/s1. The van der Waals surface area contributed by atoms with Crippen LogP contribution in [0.1, 0.15) is 19.4 Å². The Labute approximate surface area is 209 Å². The minimum atomic E-state index is -1.36. The molecule has 3 amide bonds. The van der Waals surface area contributed by atoms with Gasteiger partial charge in [0, 0.05) is 20.1 Å². The number of nitrogens with zero attached hydrogens (tertiary/aromatic N) is 3. The number of halogens is 1. The van der Waals surface area contributed by atoms with Crippen molar-refractivity contribution < 1.29 is 24.2 Å². The molecule has 0 saturated carbocycles. The number of likely N-dealkylation sites (tertiary alicyclic amines) is 1. The third-order valence-electron chi connectivity index (χ3n) is 7.89. The second-order valence-corrected chi connectivity index (χ2v) is 10.6. The van der Waals surface area contributed by atoms with E-state index >= 15 is 0 Å². The fraction of sp³-hybridized carbons (Fsp3) is 0.500. The Morgan fingerprint density at radius 1 is 1.11 bits per heavy atom. The van der Waals surface area contributed by atoms with Crippen molar-refractivity contribution in [2.24, 2.45) is 11.8 Å². The van der Waals surface area contributed by atoms with Crippen LogP contribution in [0.5, 0.6) is 0 Å². The van der Waals surface area contributed by atoms with Gasteiger partial charge in [0.05, 0.1) is 40.8 Å². The lowest BCUT2D eigenvalue weighted by Gasteiger charge is -2.39. The number of fused-ring (bicyclic) bond motifs is 2. The molecular weight excluding hydrogens is 470 g/mol. The van der Waals surface area contributed by atoms with Crippen molar-refractivity contribution in [3.8, 4) is 0 Å². The highest BCUT2D eigenvalue weighted by Gasteiger charge is 2.75. The van der Waals surface area contributed by atoms with Crippen molar-refractivity contribution in [3.63, 3.8) is 0 Å². The molecule has 35 heavy (non-hydrogen) atoms. The molecule has 4 aliphatic heterocycles. The SMILES string of the molecule is Cc1cccc(Cl)c1N1CC=C[C@]23O[C@]4(C)C=CCN(C)C(=O)[C@@H]4[C@H]2C(=O)N([C@H](C)CO)C3C1=O. The molecular formula is C26H30ClN3O5. The molecule has 0 radical (unpaired) electrons. The number of aryl methyl sites for hydroxylation is 1. The first kappa shape index (κ1) is 24.0. The van der Waals surface area contributed by atoms with Crippen molar-refractivity contribution in [1.82, 2.24) is 9.80 Å². The van der Waals surface area contributed by atoms with E-state index in [1.807, 2.05) is 44.2 Å². The van der Waals surface area contributed by atoms with Crippen LogP contribution in [-0.2, 0) is 19.1 Å². The van der Waals surface area contributed by atoms with E-state index in [4.69, 9.17) is 16.3 Å². The largest absolute Gasteiger partial charge is 0.394 e. The minimum absolute atomic E-state index is 0.200. The number of rotatable bonds is 3. The van der Waals surface area contributed by atoms with Crippen LogP contribution in [0, 0.1) is 18.8 Å². The lowest BCUT2D eigenvalue weighted by atomic mass is 9.74. The number of benzene rings is 1. The van der Waals surface area contributed by atoms with Crippen LogP contribution in [0.25, 0.3) is 0 Å². The second kappa shape index (κ2) is 8.18. The maximum absolute atomic E-state index is 14.3. The highest BCUT2D eigenvalue weighted by molar-refractivity contribution is 6.34. The molecule has 9 heteroatoms. The van der Waals surface area contributed by atoms with Crippen LogP contribution in [0.15, 0.2) is 42.5 Å². The van der Waals surface area contributed by atoms with Gasteiger partial charge in [-0.1, -0.05) is 48.0 Å². The summed E-state index contributed by atoms with van der Waals surface area (Å²) in [6.07, 6.45) is 7.32. The fourth-order valence-electron chi connectivity index (χ4n) is 6.31. The molecule has 1 aromatic carbocycles. The topological polar surface area (TPSA) is 90.4 Å². The maximum Gasteiger partial charge on any atom is 0.253 e. The molecule has 0 aromatic heterocycles. The molecule has 0 bridgehead atoms. The van der Waals surface area contributed by atoms with Gasteiger partial charge in [0.2, 0.25) is 11.8 Å². The maximum atomic E-state index is 14.3. The summed E-state index contributed by atoms with van der Waals surface area (Å²) in [7, 11) is 1.70. The molecule has 5 rings (SSSR count). The van der Waals surface area contributed by atoms with E-state index in [1.165, 1.54) is 4.90 Å². The van der Waals surface area contributed by atoms with Crippen LogP contribution >= 0.6 is 11.6 Å². The second-order valence-electron chi connectivity index (χ2n) is 10.2. The van der Waals surface area contributed by atoms with E-state index in [0.717, 1.165) is 5.56 Å². The summed E-state index contributed by atoms with van der Waals surface area (Å²) < 4.78 is 6.71. The molecule has 2 fully saturated rings. The van der Waals surface area contributed by atoms with Gasteiger partial charge in [-0.3, -0.25) is 14.4 Å². The fourth-order valence-corrected chi connectivity index (χ4v) is 6.63. The lowest BCUT2D eigenvalue weighted by Crippen LogP contribution is -2.58. The number of likely N-dealkylation sites (N-methyl/N-ethyl adjacent to an activating group) is 1. The van der Waals surface area contributed by atoms with Gasteiger partial charge in [0.15, 0.2) is 0 Å². The molecule has 2 saturated heterocycles. The number of hydrogen-bond donors (Lipinski definition) is 1. The summed E-state index contributed by atoms with van der Waals surface area (Å²) >= 11 is 6.53. The van der Waals surface area contributed by atoms with Gasteiger partial charge in [0.1, 0.15) is 11.6 Å². The molecule has 4 heterocycles. The summed E-state index contributed by atoms with van der Waals surface area (Å²) in [5.74, 6) is -2.63. The van der Waals surface area contributed by atoms with E-state index in [0.29, 0.717) is 17.3 Å². The highest BCUT2D eigenvalue weighted by Crippen LogP contribution is 2.58. The van der Waals surface area contributed by atoms with E-state index in [9.17, 15) is 19.5 Å². The minimum Gasteiger partial charge on any atom is -0.394 e. The van der Waals surface area contributed by atoms with Gasteiger partial charge in [-0.05, 0) is 32.4 Å². The van der Waals surface area contributed by atoms with Gasteiger partial charge in [-0.15, -0.1) is 0 Å². The summed E-state index contributed by atoms with van der Waals surface area (Å²) in [4.78, 5) is 46.5. The smallest absolute Gasteiger partial charge is 0.253 e. The molecule has 1 spiro atoms. The predicted molar refractivity (Wildman–Crippen MR) is 131 cm³/mol. The Kier molecular flexibility index (Phi) is 5.62. The molecule has 8 nitrogen and oxygen atoms in total. The molecule has 1 unspecified atom stereocenters. The monoisotopic (exact) mass is 499 g/mol. The van der Waals surface area contributed by atoms with Crippen LogP contribution in [-0.4, -0.2) is 82.7 Å². The molecule has 186 valence electrons. The Hall–Kier alpha value is -2.68. The molecule has 1 N–H and O–H groups in total. The zero-order valence-electron chi connectivity index (χ0n) is 20.3. The van der Waals surface area contributed by atoms with Crippen LogP contribution in [0.4, 0.5) is 5.69 Å². The summed E-state index contributed by atoms with van der Waals surface area (Å²) in [6.45, 7) is 5.69. The Balaban J connectivity index is 1.70.